The molecule has 0 saturated carbocycles. The van der Waals surface area contributed by atoms with Crippen molar-refractivity contribution in [2.75, 3.05) is 18.5 Å². The minimum atomic E-state index is -0.0853. The zero-order valence-corrected chi connectivity index (χ0v) is 12.2. The normalized spacial score (nSPS) is 18.4. The van der Waals surface area contributed by atoms with Crippen molar-refractivity contribution in [1.82, 2.24) is 15.0 Å². The first-order chi connectivity index (χ1) is 8.97. The van der Waals surface area contributed by atoms with E-state index in [1.807, 2.05) is 13.8 Å². The van der Waals surface area contributed by atoms with Crippen LogP contribution in [0.3, 0.4) is 0 Å². The van der Waals surface area contributed by atoms with Crippen molar-refractivity contribution >= 4 is 17.5 Å². The van der Waals surface area contributed by atoms with Gasteiger partial charge in [-0.25, -0.2) is 0 Å². The summed E-state index contributed by atoms with van der Waals surface area (Å²) in [7, 11) is 0. The van der Waals surface area contributed by atoms with E-state index in [-0.39, 0.29) is 22.9 Å². The first kappa shape index (κ1) is 14.3. The van der Waals surface area contributed by atoms with E-state index in [9.17, 15) is 0 Å². The minimum Gasteiger partial charge on any atom is -0.461 e. The second-order valence-corrected chi connectivity index (χ2v) is 5.51. The predicted molar refractivity (Wildman–Crippen MR) is 72.7 cm³/mol. The number of hydrogen-bond donors (Lipinski definition) is 1. The van der Waals surface area contributed by atoms with Gasteiger partial charge in [-0.1, -0.05) is 0 Å². The molecule has 0 amide bonds. The summed E-state index contributed by atoms with van der Waals surface area (Å²) in [6.07, 6.45) is 1.79. The Morgan fingerprint density at radius 3 is 2.58 bits per heavy atom. The fourth-order valence-corrected chi connectivity index (χ4v) is 2.02. The van der Waals surface area contributed by atoms with Gasteiger partial charge < -0.3 is 14.8 Å². The van der Waals surface area contributed by atoms with E-state index in [0.717, 1.165) is 26.1 Å². The zero-order valence-electron chi connectivity index (χ0n) is 11.4. The molecule has 0 atom stereocenters. The average molecular weight is 287 g/mol. The second kappa shape index (κ2) is 5.88. The molecule has 0 aromatic carbocycles. The molecule has 106 valence electrons. The summed E-state index contributed by atoms with van der Waals surface area (Å²) in [5.74, 6) is 0.444. The molecule has 0 radical (unpaired) electrons. The van der Waals surface area contributed by atoms with Crippen LogP contribution in [0.2, 0.25) is 5.28 Å². The Balaban J connectivity index is 2.12. The number of hydrogen-bond acceptors (Lipinski definition) is 6. The Morgan fingerprint density at radius 1 is 1.26 bits per heavy atom. The Hall–Kier alpha value is -1.14. The summed E-state index contributed by atoms with van der Waals surface area (Å²) in [6.45, 7) is 7.40. The third-order valence-corrected chi connectivity index (χ3v) is 3.11. The molecule has 1 N–H and O–H groups in total. The monoisotopic (exact) mass is 286 g/mol. The minimum absolute atomic E-state index is 0.00927. The topological polar surface area (TPSA) is 69.2 Å². The number of rotatable bonds is 4. The molecule has 0 aliphatic carbocycles. The van der Waals surface area contributed by atoms with Gasteiger partial charge in [0.05, 0.1) is 6.10 Å². The third kappa shape index (κ3) is 4.18. The molecule has 6 nitrogen and oxygen atoms in total. The van der Waals surface area contributed by atoms with Gasteiger partial charge in [0, 0.05) is 18.8 Å². The van der Waals surface area contributed by atoms with Gasteiger partial charge in [0.15, 0.2) is 0 Å². The van der Waals surface area contributed by atoms with Crippen LogP contribution in [0.15, 0.2) is 0 Å². The molecule has 1 aromatic heterocycles. The van der Waals surface area contributed by atoms with Crippen molar-refractivity contribution in [3.05, 3.63) is 5.28 Å². The van der Waals surface area contributed by atoms with Crippen LogP contribution < -0.4 is 10.1 Å². The fourth-order valence-electron chi connectivity index (χ4n) is 1.87. The third-order valence-electron chi connectivity index (χ3n) is 2.94. The van der Waals surface area contributed by atoms with E-state index in [1.54, 1.807) is 0 Å². The molecule has 1 aliphatic rings. The lowest BCUT2D eigenvalue weighted by Gasteiger charge is -2.34. The zero-order chi connectivity index (χ0) is 13.9. The molecule has 1 fully saturated rings. The highest BCUT2D eigenvalue weighted by Crippen LogP contribution is 2.24. The molecule has 2 heterocycles. The molecule has 0 spiro atoms. The highest BCUT2D eigenvalue weighted by atomic mass is 35.5. The number of nitrogens with one attached hydrogen (secondary N) is 1. The predicted octanol–water partition coefficient (Wildman–Crippen LogP) is 2.29. The maximum Gasteiger partial charge on any atom is 0.322 e. The number of aromatic nitrogens is 3. The summed E-state index contributed by atoms with van der Waals surface area (Å²) in [6, 6.07) is 0.244. The van der Waals surface area contributed by atoms with Crippen molar-refractivity contribution < 1.29 is 9.47 Å². The molecule has 0 bridgehead atoms. The summed E-state index contributed by atoms with van der Waals surface area (Å²) >= 11 is 5.89. The standard InChI is InChI=1S/C12H19ClN4O2/c1-8(2)19-11-15-9(13)14-10(16-11)17-12(3)4-6-18-7-5-12/h8H,4-7H2,1-3H3,(H,14,15,16,17). The van der Waals surface area contributed by atoms with Crippen molar-refractivity contribution in [3.8, 4) is 6.01 Å². The SMILES string of the molecule is CC(C)Oc1nc(Cl)nc(NC2(C)CCOCC2)n1. The molecule has 0 unspecified atom stereocenters. The lowest BCUT2D eigenvalue weighted by atomic mass is 9.93. The van der Waals surface area contributed by atoms with E-state index < -0.39 is 0 Å². The largest absolute Gasteiger partial charge is 0.461 e. The Labute approximate surface area is 117 Å². The quantitative estimate of drug-likeness (QED) is 0.916. The number of ether oxygens (including phenoxy) is 2. The number of halogens is 1. The summed E-state index contributed by atoms with van der Waals surface area (Å²) in [4.78, 5) is 12.3. The van der Waals surface area contributed by atoms with Gasteiger partial charge in [0.25, 0.3) is 0 Å². The lowest BCUT2D eigenvalue weighted by Crippen LogP contribution is -2.41. The first-order valence-corrected chi connectivity index (χ1v) is 6.79. The Morgan fingerprint density at radius 2 is 1.95 bits per heavy atom. The molecule has 19 heavy (non-hydrogen) atoms. The summed E-state index contributed by atoms with van der Waals surface area (Å²) < 4.78 is 10.8. The Kier molecular flexibility index (Phi) is 4.42. The highest BCUT2D eigenvalue weighted by molar-refractivity contribution is 6.28. The van der Waals surface area contributed by atoms with Crippen LogP contribution in [-0.2, 0) is 4.74 Å². The summed E-state index contributed by atoms with van der Waals surface area (Å²) in [5.41, 5.74) is -0.0853. The van der Waals surface area contributed by atoms with Crippen LogP contribution in [0, 0.1) is 0 Å². The molecule has 1 aromatic rings. The van der Waals surface area contributed by atoms with Crippen molar-refractivity contribution in [1.29, 1.82) is 0 Å². The van der Waals surface area contributed by atoms with Crippen LogP contribution in [0.25, 0.3) is 0 Å². The highest BCUT2D eigenvalue weighted by Gasteiger charge is 2.28. The van der Waals surface area contributed by atoms with Gasteiger partial charge in [-0.05, 0) is 45.2 Å². The van der Waals surface area contributed by atoms with Crippen LogP contribution in [0.1, 0.15) is 33.6 Å². The molecule has 2 rings (SSSR count). The van der Waals surface area contributed by atoms with Crippen molar-refractivity contribution in [2.45, 2.75) is 45.3 Å². The van der Waals surface area contributed by atoms with E-state index in [4.69, 9.17) is 21.1 Å². The van der Waals surface area contributed by atoms with Gasteiger partial charge in [-0.15, -0.1) is 0 Å². The van der Waals surface area contributed by atoms with Gasteiger partial charge >= 0.3 is 6.01 Å². The van der Waals surface area contributed by atoms with Crippen LogP contribution >= 0.6 is 11.6 Å². The maximum atomic E-state index is 5.89. The average Bonchev–Trinajstić information content (AvgIpc) is 2.27. The van der Waals surface area contributed by atoms with E-state index in [1.165, 1.54) is 0 Å². The molecule has 1 aliphatic heterocycles. The lowest BCUT2D eigenvalue weighted by molar-refractivity contribution is 0.0655. The molecule has 1 saturated heterocycles. The maximum absolute atomic E-state index is 5.89. The van der Waals surface area contributed by atoms with E-state index in [0.29, 0.717) is 5.95 Å². The van der Waals surface area contributed by atoms with Gasteiger partial charge in [-0.2, -0.15) is 15.0 Å². The van der Waals surface area contributed by atoms with Crippen LogP contribution in [-0.4, -0.2) is 39.8 Å². The van der Waals surface area contributed by atoms with Gasteiger partial charge in [0.1, 0.15) is 0 Å². The number of anilines is 1. The molecular formula is C12H19ClN4O2. The Bertz CT molecular complexity index is 436. The molecule has 7 heteroatoms. The number of nitrogens with zero attached hydrogens (tertiary/aromatic N) is 3. The van der Waals surface area contributed by atoms with E-state index in [2.05, 4.69) is 27.2 Å². The van der Waals surface area contributed by atoms with E-state index >= 15 is 0 Å². The van der Waals surface area contributed by atoms with Crippen molar-refractivity contribution in [3.63, 3.8) is 0 Å². The van der Waals surface area contributed by atoms with Gasteiger partial charge in [-0.3, -0.25) is 0 Å². The van der Waals surface area contributed by atoms with Crippen LogP contribution in [0.5, 0.6) is 6.01 Å². The fraction of sp³-hybridized carbons (Fsp3) is 0.750. The summed E-state index contributed by atoms with van der Waals surface area (Å²) in [5, 5.41) is 3.43. The van der Waals surface area contributed by atoms with Crippen molar-refractivity contribution in [2.24, 2.45) is 0 Å². The first-order valence-electron chi connectivity index (χ1n) is 6.41. The van der Waals surface area contributed by atoms with Crippen LogP contribution in [0.4, 0.5) is 5.95 Å². The molecular weight excluding hydrogens is 268 g/mol. The smallest absolute Gasteiger partial charge is 0.322 e. The second-order valence-electron chi connectivity index (χ2n) is 5.18. The van der Waals surface area contributed by atoms with Gasteiger partial charge in [0.2, 0.25) is 11.2 Å².